The highest BCUT2D eigenvalue weighted by atomic mass is 16.3. The first-order chi connectivity index (χ1) is 27.8. The lowest BCUT2D eigenvalue weighted by Gasteiger charge is -2.30. The van der Waals surface area contributed by atoms with E-state index in [0.29, 0.717) is 0 Å². The maximum Gasteiger partial charge on any atom is 0.136 e. The normalized spacial score (nSPS) is 15.2. The number of nitrogens with zero attached hydrogens (tertiary/aromatic N) is 1. The molecule has 0 fully saturated rings. The number of furan rings is 1. The third-order valence-electron chi connectivity index (χ3n) is 12.7. The Morgan fingerprint density at radius 2 is 0.911 bits per heavy atom. The molecule has 2 aromatic heterocycles. The third kappa shape index (κ3) is 3.69. The lowest BCUT2D eigenvalue weighted by molar-refractivity contribution is 0.669. The second kappa shape index (κ2) is 10.9. The minimum absolute atomic E-state index is 0.531. The van der Waals surface area contributed by atoms with Crippen LogP contribution in [0.25, 0.3) is 98.9 Å². The molecule has 2 heteroatoms. The van der Waals surface area contributed by atoms with Crippen molar-refractivity contribution in [1.29, 1.82) is 0 Å². The Hall–Kier alpha value is -7.29. The van der Waals surface area contributed by atoms with Crippen LogP contribution < -0.4 is 0 Å². The van der Waals surface area contributed by atoms with E-state index >= 15 is 0 Å². The average Bonchev–Trinajstić information content (AvgIpc) is 3.88. The standard InChI is InChI=1S/C54H31NO/c1-2-16-33-32(14-1)15-13-24-36(33)50-37-19-3-5-21-39(37)51(40-22-6-4-20-38(40)50)53-52-41-23-8-11-26-45(41)54(46(52)28-29-55-53)44-25-10-7-17-34(44)42-31-49-43(30-47(42)54)35-18-9-12-27-48(35)56-49/h1-31H. The van der Waals surface area contributed by atoms with Gasteiger partial charge in [0.05, 0.1) is 11.1 Å². The van der Waals surface area contributed by atoms with Crippen LogP contribution in [0, 0.1) is 0 Å². The van der Waals surface area contributed by atoms with E-state index in [9.17, 15) is 0 Å². The summed E-state index contributed by atoms with van der Waals surface area (Å²) in [7, 11) is 0. The van der Waals surface area contributed by atoms with E-state index in [1.165, 1.54) is 93.5 Å². The molecule has 0 N–H and O–H groups in total. The van der Waals surface area contributed by atoms with Crippen LogP contribution >= 0.6 is 0 Å². The summed E-state index contributed by atoms with van der Waals surface area (Å²) in [6.07, 6.45) is 2.05. The van der Waals surface area contributed by atoms with Crippen molar-refractivity contribution in [3.05, 3.63) is 210 Å². The molecule has 0 amide bonds. The largest absolute Gasteiger partial charge is 0.456 e. The first kappa shape index (κ1) is 30.1. The van der Waals surface area contributed by atoms with Crippen LogP contribution in [-0.4, -0.2) is 4.98 Å². The molecule has 1 unspecified atom stereocenters. The summed E-state index contributed by atoms with van der Waals surface area (Å²) >= 11 is 0. The monoisotopic (exact) mass is 709 g/mol. The number of rotatable bonds is 2. The third-order valence-corrected chi connectivity index (χ3v) is 12.7. The summed E-state index contributed by atoms with van der Waals surface area (Å²) in [5.41, 5.74) is 16.1. The second-order valence-corrected chi connectivity index (χ2v) is 15.3. The van der Waals surface area contributed by atoms with Crippen molar-refractivity contribution in [2.75, 3.05) is 0 Å². The molecule has 2 aliphatic carbocycles. The highest BCUT2D eigenvalue weighted by Gasteiger charge is 2.52. The fourth-order valence-corrected chi connectivity index (χ4v) is 10.6. The van der Waals surface area contributed by atoms with Gasteiger partial charge in [-0.3, -0.25) is 4.98 Å². The second-order valence-electron chi connectivity index (χ2n) is 15.3. The van der Waals surface area contributed by atoms with Crippen molar-refractivity contribution in [3.8, 4) is 44.6 Å². The maximum absolute atomic E-state index is 6.50. The molecule has 1 spiro atoms. The maximum atomic E-state index is 6.50. The molecule has 56 heavy (non-hydrogen) atoms. The van der Waals surface area contributed by atoms with Gasteiger partial charge in [-0.25, -0.2) is 0 Å². The van der Waals surface area contributed by atoms with Crippen LogP contribution in [0.3, 0.4) is 0 Å². The number of para-hydroxylation sites is 1. The molecule has 2 nitrogen and oxygen atoms in total. The minimum atomic E-state index is -0.531. The van der Waals surface area contributed by atoms with Crippen molar-refractivity contribution < 1.29 is 4.42 Å². The van der Waals surface area contributed by atoms with Crippen molar-refractivity contribution in [2.45, 2.75) is 5.41 Å². The van der Waals surface area contributed by atoms with Crippen molar-refractivity contribution in [1.82, 2.24) is 4.98 Å². The Morgan fingerprint density at radius 1 is 0.339 bits per heavy atom. The Morgan fingerprint density at radius 3 is 1.68 bits per heavy atom. The number of hydrogen-bond donors (Lipinski definition) is 0. The highest BCUT2D eigenvalue weighted by molar-refractivity contribution is 6.24. The lowest BCUT2D eigenvalue weighted by atomic mass is 9.70. The van der Waals surface area contributed by atoms with Crippen molar-refractivity contribution in [3.63, 3.8) is 0 Å². The lowest BCUT2D eigenvalue weighted by Crippen LogP contribution is -2.25. The first-order valence-electron chi connectivity index (χ1n) is 19.4. The molecule has 13 rings (SSSR count). The molecule has 0 saturated heterocycles. The Bertz CT molecular complexity index is 3430. The Labute approximate surface area is 322 Å². The van der Waals surface area contributed by atoms with E-state index in [1.807, 2.05) is 0 Å². The van der Waals surface area contributed by atoms with Gasteiger partial charge in [-0.2, -0.15) is 0 Å². The summed E-state index contributed by atoms with van der Waals surface area (Å²) in [6, 6.07) is 66.7. The smallest absolute Gasteiger partial charge is 0.136 e. The zero-order valence-corrected chi connectivity index (χ0v) is 30.3. The van der Waals surface area contributed by atoms with Crippen LogP contribution in [0.4, 0.5) is 0 Å². The summed E-state index contributed by atoms with van der Waals surface area (Å²) < 4.78 is 6.50. The van der Waals surface area contributed by atoms with E-state index in [0.717, 1.165) is 27.6 Å². The van der Waals surface area contributed by atoms with Gasteiger partial charge in [-0.05, 0) is 107 Å². The Balaban J connectivity index is 1.17. The molecule has 1 atom stereocenters. The molecular weight excluding hydrogens is 679 g/mol. The van der Waals surface area contributed by atoms with E-state index in [-0.39, 0.29) is 0 Å². The molecular formula is C54H31NO. The Kier molecular flexibility index (Phi) is 5.86. The summed E-state index contributed by atoms with van der Waals surface area (Å²) in [5, 5.41) is 9.64. The SMILES string of the molecule is c1ccc2c(c1)-c1cc3oc4ccccc4c3cc1C21c2ccccc2-c2c1ccnc2-c1c2ccccc2c(-c2cccc3ccccc23)c2ccccc12. The summed E-state index contributed by atoms with van der Waals surface area (Å²) in [6.45, 7) is 0. The molecule has 0 aliphatic heterocycles. The van der Waals surface area contributed by atoms with E-state index in [4.69, 9.17) is 9.40 Å². The van der Waals surface area contributed by atoms with Gasteiger partial charge in [-0.15, -0.1) is 0 Å². The highest BCUT2D eigenvalue weighted by Crippen LogP contribution is 2.65. The van der Waals surface area contributed by atoms with Gasteiger partial charge >= 0.3 is 0 Å². The molecule has 0 bridgehead atoms. The van der Waals surface area contributed by atoms with Gasteiger partial charge in [0.25, 0.3) is 0 Å². The van der Waals surface area contributed by atoms with Crippen LogP contribution in [0.2, 0.25) is 0 Å². The van der Waals surface area contributed by atoms with Gasteiger partial charge in [0.1, 0.15) is 11.2 Å². The first-order valence-corrected chi connectivity index (χ1v) is 19.4. The van der Waals surface area contributed by atoms with Crippen LogP contribution in [0.15, 0.2) is 193 Å². The molecule has 258 valence electrons. The molecule has 11 aromatic rings. The summed E-state index contributed by atoms with van der Waals surface area (Å²) in [4.78, 5) is 5.41. The van der Waals surface area contributed by atoms with Gasteiger partial charge in [0.2, 0.25) is 0 Å². The number of pyridine rings is 1. The number of benzene rings is 9. The zero-order valence-electron chi connectivity index (χ0n) is 30.3. The minimum Gasteiger partial charge on any atom is -0.456 e. The average molecular weight is 710 g/mol. The van der Waals surface area contributed by atoms with Crippen LogP contribution in [-0.2, 0) is 5.41 Å². The van der Waals surface area contributed by atoms with E-state index < -0.39 is 5.41 Å². The van der Waals surface area contributed by atoms with E-state index in [2.05, 4.69) is 188 Å². The number of hydrogen-bond acceptors (Lipinski definition) is 2. The van der Waals surface area contributed by atoms with Gasteiger partial charge in [-0.1, -0.05) is 158 Å². The molecule has 0 saturated carbocycles. The fourth-order valence-electron chi connectivity index (χ4n) is 10.6. The molecule has 9 aromatic carbocycles. The van der Waals surface area contributed by atoms with Gasteiger partial charge in [0, 0.05) is 28.1 Å². The quantitative estimate of drug-likeness (QED) is 0.167. The number of fused-ring (bicyclic) bond motifs is 16. The van der Waals surface area contributed by atoms with Crippen molar-refractivity contribution >= 4 is 54.3 Å². The van der Waals surface area contributed by atoms with E-state index in [1.54, 1.807) is 0 Å². The molecule has 2 heterocycles. The van der Waals surface area contributed by atoms with Gasteiger partial charge in [0.15, 0.2) is 0 Å². The van der Waals surface area contributed by atoms with Crippen LogP contribution in [0.1, 0.15) is 22.3 Å². The summed E-state index contributed by atoms with van der Waals surface area (Å²) in [5.74, 6) is 0. The molecule has 2 aliphatic rings. The predicted molar refractivity (Wildman–Crippen MR) is 231 cm³/mol. The van der Waals surface area contributed by atoms with Crippen molar-refractivity contribution in [2.24, 2.45) is 0 Å². The topological polar surface area (TPSA) is 26.0 Å². The predicted octanol–water partition coefficient (Wildman–Crippen LogP) is 14.1. The zero-order chi connectivity index (χ0) is 36.5. The fraction of sp³-hybridized carbons (Fsp3) is 0.0185. The van der Waals surface area contributed by atoms with Gasteiger partial charge < -0.3 is 4.42 Å². The number of aromatic nitrogens is 1. The molecule has 0 radical (unpaired) electrons. The van der Waals surface area contributed by atoms with Crippen LogP contribution in [0.5, 0.6) is 0 Å².